The van der Waals surface area contributed by atoms with Crippen molar-refractivity contribution in [3.8, 4) is 0 Å². The van der Waals surface area contributed by atoms with Gasteiger partial charge in [0, 0.05) is 12.8 Å². The molecule has 0 fully saturated rings. The van der Waals surface area contributed by atoms with Crippen LogP contribution < -0.4 is 10.2 Å². The van der Waals surface area contributed by atoms with E-state index < -0.39 is 26.6 Å². The summed E-state index contributed by atoms with van der Waals surface area (Å²) in [6.45, 7) is 6.78. The highest BCUT2D eigenvalue weighted by Crippen LogP contribution is 2.38. The minimum Gasteiger partial charge on any atom is -0.756 e. The van der Waals surface area contributed by atoms with Gasteiger partial charge in [0.05, 0.1) is 33.8 Å². The molecule has 0 heterocycles. The Morgan fingerprint density at radius 1 is 0.473 bits per heavy atom. The van der Waals surface area contributed by atoms with Crippen molar-refractivity contribution < 1.29 is 37.3 Å². The van der Waals surface area contributed by atoms with Gasteiger partial charge in [-0.25, -0.2) is 0 Å². The number of allylic oxidation sites excluding steroid dienone is 9. The second-order valence-electron chi connectivity index (χ2n) is 22.2. The van der Waals surface area contributed by atoms with Crippen LogP contribution in [0.1, 0.15) is 284 Å². The molecule has 0 saturated heterocycles. The zero-order valence-corrected chi connectivity index (χ0v) is 50.2. The lowest BCUT2D eigenvalue weighted by Gasteiger charge is -2.30. The van der Waals surface area contributed by atoms with Crippen molar-refractivity contribution in [2.24, 2.45) is 0 Å². The van der Waals surface area contributed by atoms with Crippen LogP contribution in [0.4, 0.5) is 0 Å². The number of nitrogens with one attached hydrogen (secondary N) is 1. The molecule has 0 spiro atoms. The summed E-state index contributed by atoms with van der Waals surface area (Å²) in [6, 6.07) is -0.892. The lowest BCUT2D eigenvalue weighted by Crippen LogP contribution is -2.47. The van der Waals surface area contributed by atoms with E-state index in [0.717, 1.165) is 96.3 Å². The van der Waals surface area contributed by atoms with E-state index in [1.807, 2.05) is 33.3 Å². The van der Waals surface area contributed by atoms with Gasteiger partial charge in [-0.1, -0.05) is 242 Å². The highest BCUT2D eigenvalue weighted by Gasteiger charge is 2.27. The van der Waals surface area contributed by atoms with Crippen molar-refractivity contribution in [2.45, 2.75) is 296 Å². The molecule has 0 aromatic rings. The smallest absolute Gasteiger partial charge is 0.306 e. The second-order valence-corrected chi connectivity index (χ2v) is 23.6. The lowest BCUT2D eigenvalue weighted by molar-refractivity contribution is -0.870. The maximum atomic E-state index is 13.5. The van der Waals surface area contributed by atoms with Crippen LogP contribution in [0, 0.1) is 0 Å². The third-order valence-electron chi connectivity index (χ3n) is 13.7. The van der Waals surface area contributed by atoms with E-state index in [9.17, 15) is 19.0 Å². The zero-order valence-electron chi connectivity index (χ0n) is 49.3. The maximum Gasteiger partial charge on any atom is 0.306 e. The Morgan fingerprint density at radius 2 is 0.838 bits per heavy atom. The van der Waals surface area contributed by atoms with Crippen molar-refractivity contribution in [3.63, 3.8) is 0 Å². The van der Waals surface area contributed by atoms with Crippen LogP contribution in [0.15, 0.2) is 60.8 Å². The number of hydrogen-bond donors (Lipinski definition) is 1. The first kappa shape index (κ1) is 71.7. The molecule has 0 aliphatic carbocycles. The molecule has 74 heavy (non-hydrogen) atoms. The molecule has 0 rings (SSSR count). The largest absolute Gasteiger partial charge is 0.756 e. The molecule has 3 atom stereocenters. The number of hydrogen-bond acceptors (Lipinski definition) is 7. The van der Waals surface area contributed by atoms with Gasteiger partial charge in [0.2, 0.25) is 5.91 Å². The molecule has 0 aromatic carbocycles. The van der Waals surface area contributed by atoms with E-state index in [2.05, 4.69) is 74.7 Å². The van der Waals surface area contributed by atoms with Gasteiger partial charge in [-0.05, 0) is 89.5 Å². The molecular weight excluding hydrogens is 940 g/mol. The van der Waals surface area contributed by atoms with Crippen LogP contribution in [0.5, 0.6) is 0 Å². The Bertz CT molecular complexity index is 1450. The summed E-state index contributed by atoms with van der Waals surface area (Å²) in [5, 5.41) is 3.02. The molecule has 0 aromatic heterocycles. The second kappa shape index (κ2) is 54.1. The predicted octanol–water partition coefficient (Wildman–Crippen LogP) is 18.4. The van der Waals surface area contributed by atoms with Gasteiger partial charge in [-0.2, -0.15) is 0 Å². The number of carbonyl (C=O) groups is 2. The van der Waals surface area contributed by atoms with Gasteiger partial charge in [-0.3, -0.25) is 14.2 Å². The van der Waals surface area contributed by atoms with Crippen LogP contribution in [0.3, 0.4) is 0 Å². The molecule has 1 amide bonds. The van der Waals surface area contributed by atoms with E-state index in [4.69, 9.17) is 13.8 Å². The third-order valence-corrected chi connectivity index (χ3v) is 14.6. The number of nitrogens with zero attached hydrogens (tertiary/aromatic N) is 1. The minimum atomic E-state index is -4.70. The summed E-state index contributed by atoms with van der Waals surface area (Å²) < 4.78 is 30.3. The quantitative estimate of drug-likeness (QED) is 0.0212. The van der Waals surface area contributed by atoms with E-state index >= 15 is 0 Å². The van der Waals surface area contributed by atoms with Crippen molar-refractivity contribution in [2.75, 3.05) is 40.9 Å². The monoisotopic (exact) mass is 1060 g/mol. The predicted molar refractivity (Wildman–Crippen MR) is 316 cm³/mol. The number of amides is 1. The molecule has 0 radical (unpaired) electrons. The van der Waals surface area contributed by atoms with Gasteiger partial charge in [0.25, 0.3) is 7.82 Å². The molecule has 0 aliphatic rings. The molecular formula is C64H119N2O7P. The standard InChI is InChI=1S/C64H119N2O7P/c1-7-10-13-16-19-22-25-27-28-29-30-31-32-33-34-35-36-37-38-39-42-44-47-50-53-56-63(67)65-61(60-72-74(69,70)71-59-58-66(4,5)6)62(55-52-49-46-43-41-26-23-20-17-14-11-8-2)73-64(68)57-54-51-48-45-40-24-21-18-15-12-9-3/h18-19,21-22,27-28,30-31,52,55,61-62H,7-17,20,23-26,29,32-51,53-54,56-60H2,1-6H3,(H-,65,67,69,70)/b21-18-,22-19-,28-27-,31-30-,55-52-. The SMILES string of the molecule is CCCC/C=C\CCCCCCCC(=O)OC(/C=C\CCCCCCCCCCCC)C(COP(=O)([O-])OCC[N+](C)(C)C)NC(=O)CCCCCCCCCCCCCC/C=C\C/C=C\C/C=C\CCCCC. The summed E-state index contributed by atoms with van der Waals surface area (Å²) in [7, 11) is 1.18. The Kier molecular flexibility index (Phi) is 52.4. The van der Waals surface area contributed by atoms with Crippen molar-refractivity contribution >= 4 is 19.7 Å². The van der Waals surface area contributed by atoms with E-state index in [1.165, 1.54) is 154 Å². The summed E-state index contributed by atoms with van der Waals surface area (Å²) in [5.74, 6) is -0.550. The fourth-order valence-corrected chi connectivity index (χ4v) is 9.53. The van der Waals surface area contributed by atoms with Crippen molar-refractivity contribution in [1.82, 2.24) is 5.32 Å². The van der Waals surface area contributed by atoms with Crippen LogP contribution in [-0.4, -0.2) is 69.4 Å². The molecule has 10 heteroatoms. The summed E-state index contributed by atoms with van der Waals surface area (Å²) in [5.41, 5.74) is 0. The van der Waals surface area contributed by atoms with E-state index in [0.29, 0.717) is 17.4 Å². The van der Waals surface area contributed by atoms with Gasteiger partial charge in [0.15, 0.2) is 0 Å². The number of esters is 1. The van der Waals surface area contributed by atoms with Crippen LogP contribution in [-0.2, 0) is 27.9 Å². The molecule has 3 unspecified atom stereocenters. The number of carbonyl (C=O) groups excluding carboxylic acids is 2. The Hall–Kier alpha value is -2.29. The normalized spacial score (nSPS) is 14.1. The average Bonchev–Trinajstić information content (AvgIpc) is 3.36. The first-order chi connectivity index (χ1) is 35.9. The Balaban J connectivity index is 5.08. The van der Waals surface area contributed by atoms with Gasteiger partial charge in [-0.15, -0.1) is 0 Å². The minimum absolute atomic E-state index is 0.0245. The fourth-order valence-electron chi connectivity index (χ4n) is 8.80. The lowest BCUT2D eigenvalue weighted by atomic mass is 10.0. The number of ether oxygens (including phenoxy) is 1. The van der Waals surface area contributed by atoms with E-state index in [1.54, 1.807) is 0 Å². The molecule has 432 valence electrons. The number of phosphoric ester groups is 1. The van der Waals surface area contributed by atoms with Crippen LogP contribution in [0.25, 0.3) is 0 Å². The zero-order chi connectivity index (χ0) is 54.3. The van der Waals surface area contributed by atoms with Crippen LogP contribution >= 0.6 is 7.82 Å². The number of likely N-dealkylation sites (N-methyl/N-ethyl adjacent to an activating group) is 1. The van der Waals surface area contributed by atoms with E-state index in [-0.39, 0.29) is 24.9 Å². The molecule has 0 bridgehead atoms. The number of phosphoric acid groups is 1. The van der Waals surface area contributed by atoms with Crippen LogP contribution in [0.2, 0.25) is 0 Å². The Morgan fingerprint density at radius 3 is 1.31 bits per heavy atom. The summed E-state index contributed by atoms with van der Waals surface area (Å²) in [4.78, 5) is 39.9. The van der Waals surface area contributed by atoms with Crippen molar-refractivity contribution in [1.29, 1.82) is 0 Å². The molecule has 9 nitrogen and oxygen atoms in total. The number of quaternary nitrogens is 1. The van der Waals surface area contributed by atoms with Gasteiger partial charge in [0.1, 0.15) is 19.3 Å². The topological polar surface area (TPSA) is 114 Å². The summed E-state index contributed by atoms with van der Waals surface area (Å²) >= 11 is 0. The Labute approximate surface area is 458 Å². The maximum absolute atomic E-state index is 13.5. The number of unbranched alkanes of at least 4 members (excludes halogenated alkanes) is 32. The highest BCUT2D eigenvalue weighted by molar-refractivity contribution is 7.45. The van der Waals surface area contributed by atoms with Crippen molar-refractivity contribution in [3.05, 3.63) is 60.8 Å². The third kappa shape index (κ3) is 54.5. The average molecular weight is 1060 g/mol. The van der Waals surface area contributed by atoms with Gasteiger partial charge >= 0.3 is 5.97 Å². The first-order valence-electron chi connectivity index (χ1n) is 31.1. The summed E-state index contributed by atoms with van der Waals surface area (Å²) in [6.07, 6.45) is 67.6. The fraction of sp³-hybridized carbons (Fsp3) is 0.812. The first-order valence-corrected chi connectivity index (χ1v) is 32.6. The molecule has 0 aliphatic heterocycles. The number of rotatable bonds is 56. The molecule has 1 N–H and O–H groups in total. The molecule has 0 saturated carbocycles. The highest BCUT2D eigenvalue weighted by atomic mass is 31.2. The van der Waals surface area contributed by atoms with Gasteiger partial charge < -0.3 is 28.5 Å².